The van der Waals surface area contributed by atoms with Crippen molar-refractivity contribution in [2.24, 2.45) is 0 Å². The van der Waals surface area contributed by atoms with Crippen molar-refractivity contribution in [2.75, 3.05) is 62.2 Å². The fourth-order valence-electron chi connectivity index (χ4n) is 5.35. The number of hydrogen-bond donors (Lipinski definition) is 2. The molecule has 51 heavy (non-hydrogen) atoms. The van der Waals surface area contributed by atoms with E-state index < -0.39 is 0 Å². The lowest BCUT2D eigenvalue weighted by molar-refractivity contribution is 0.388. The lowest BCUT2D eigenvalue weighted by Crippen LogP contribution is -2.50. The van der Waals surface area contributed by atoms with Gasteiger partial charge in [-0.3, -0.25) is 5.32 Å². The monoisotopic (exact) mass is 736 g/mol. The first kappa shape index (κ1) is 35.5. The quantitative estimate of drug-likeness (QED) is 0.126. The molecule has 1 aliphatic heterocycles. The number of ether oxygens (including phenoxy) is 3. The molecule has 1 aliphatic rings. The molecule has 14 heteroatoms. The number of nitrogens with zero attached hydrogens (tertiary/aromatic N) is 6. The van der Waals surface area contributed by atoms with Crippen molar-refractivity contribution < 1.29 is 14.2 Å². The standard InChI is InChI=1S/C21H23N5OS2.C16H13N3O2S/c1-27-20-19(22-15-7-3-4-8-16(15)23-20)24-21(28)26-13-11-25(12-14-26)17-9-5-6-10-18(17)29-2;1-20-15-14(17-12-9-5-6-10-13(12)18-15)19-16(22)21-11-7-3-2-4-8-11/h3-10H,11-14H2,1-2H3,(H,22,24,28);2-10H,1H3,(H,17,19,22). The Bertz CT molecular complexity index is 2130. The van der Waals surface area contributed by atoms with Gasteiger partial charge in [0.05, 0.1) is 42.0 Å². The summed E-state index contributed by atoms with van der Waals surface area (Å²) in [5, 5.41) is 6.97. The van der Waals surface area contributed by atoms with E-state index in [-0.39, 0.29) is 5.17 Å². The molecule has 260 valence electrons. The molecule has 2 N–H and O–H groups in total. The number of anilines is 3. The van der Waals surface area contributed by atoms with Crippen molar-refractivity contribution in [3.05, 3.63) is 103 Å². The van der Waals surface area contributed by atoms with E-state index >= 15 is 0 Å². The molecular formula is C37H36N8O3S3. The number of methoxy groups -OCH3 is 2. The van der Waals surface area contributed by atoms with Gasteiger partial charge in [-0.1, -0.05) is 54.6 Å². The third-order valence-corrected chi connectivity index (χ3v) is 9.19. The second-order valence-corrected chi connectivity index (χ2v) is 12.6. The lowest BCUT2D eigenvalue weighted by atomic mass is 10.2. The van der Waals surface area contributed by atoms with Crippen molar-refractivity contribution in [3.8, 4) is 17.5 Å². The van der Waals surface area contributed by atoms with E-state index in [9.17, 15) is 0 Å². The molecule has 0 radical (unpaired) electrons. The topological polar surface area (TPSA) is 110 Å². The predicted octanol–water partition coefficient (Wildman–Crippen LogP) is 7.29. The number of piperazine rings is 1. The van der Waals surface area contributed by atoms with Crippen LogP contribution in [0.4, 0.5) is 17.3 Å². The summed E-state index contributed by atoms with van der Waals surface area (Å²) >= 11 is 12.6. The minimum atomic E-state index is 0.175. The van der Waals surface area contributed by atoms with Crippen LogP contribution in [0, 0.1) is 0 Å². The van der Waals surface area contributed by atoms with Gasteiger partial charge in [0.1, 0.15) is 5.75 Å². The molecule has 0 atom stereocenters. The first-order valence-electron chi connectivity index (χ1n) is 16.0. The summed E-state index contributed by atoms with van der Waals surface area (Å²) in [6.07, 6.45) is 2.12. The maximum atomic E-state index is 5.66. The number of rotatable bonds is 7. The zero-order valence-electron chi connectivity index (χ0n) is 28.3. The number of thiocarbonyl (C=S) groups is 2. The maximum Gasteiger partial charge on any atom is 0.268 e. The summed E-state index contributed by atoms with van der Waals surface area (Å²) in [7, 11) is 3.13. The summed E-state index contributed by atoms with van der Waals surface area (Å²) in [5.41, 5.74) is 4.38. The number of nitrogens with one attached hydrogen (secondary N) is 2. The normalized spacial score (nSPS) is 12.5. The van der Waals surface area contributed by atoms with Crippen LogP contribution in [0.3, 0.4) is 0 Å². The summed E-state index contributed by atoms with van der Waals surface area (Å²) in [6.45, 7) is 3.52. The molecule has 0 spiro atoms. The first-order chi connectivity index (χ1) is 24.9. The first-order valence-corrected chi connectivity index (χ1v) is 18.1. The molecule has 2 aromatic heterocycles. The average molecular weight is 737 g/mol. The number of fused-ring (bicyclic) bond motifs is 2. The van der Waals surface area contributed by atoms with Gasteiger partial charge in [0.25, 0.3) is 16.9 Å². The third-order valence-electron chi connectivity index (χ3n) is 7.86. The summed E-state index contributed by atoms with van der Waals surface area (Å²) in [6, 6.07) is 33.1. The van der Waals surface area contributed by atoms with Gasteiger partial charge in [0, 0.05) is 31.1 Å². The molecule has 0 amide bonds. The Balaban J connectivity index is 0.000000183. The minimum absolute atomic E-state index is 0.175. The summed E-state index contributed by atoms with van der Waals surface area (Å²) in [4.78, 5) is 23.9. The molecule has 3 heterocycles. The van der Waals surface area contributed by atoms with E-state index in [1.807, 2.05) is 78.9 Å². The van der Waals surface area contributed by atoms with E-state index in [1.54, 1.807) is 18.9 Å². The highest BCUT2D eigenvalue weighted by molar-refractivity contribution is 7.98. The fourth-order valence-corrected chi connectivity index (χ4v) is 6.45. The second-order valence-electron chi connectivity index (χ2n) is 11.0. The number of hydrogen-bond acceptors (Lipinski definition) is 11. The highest BCUT2D eigenvalue weighted by atomic mass is 32.2. The molecule has 0 unspecified atom stereocenters. The van der Waals surface area contributed by atoms with Gasteiger partial charge in [0.2, 0.25) is 0 Å². The van der Waals surface area contributed by atoms with Crippen LogP contribution in [0.1, 0.15) is 0 Å². The van der Waals surface area contributed by atoms with E-state index in [0.29, 0.717) is 34.3 Å². The number of thioether (sulfide) groups is 1. The molecule has 0 aliphatic carbocycles. The number of aromatic nitrogens is 4. The number of para-hydroxylation sites is 6. The molecule has 4 aromatic carbocycles. The SMILES string of the molecule is COc1nc2ccccc2nc1NC(=S)N1CCN(c2ccccc2SC)CC1.COc1nc2ccccc2nc1NC(=S)Oc1ccccc1. The van der Waals surface area contributed by atoms with Crippen LogP contribution in [0.15, 0.2) is 108 Å². The molecule has 1 fully saturated rings. The Morgan fingerprint density at radius 2 is 1.12 bits per heavy atom. The van der Waals surface area contributed by atoms with Crippen molar-refractivity contribution in [3.63, 3.8) is 0 Å². The van der Waals surface area contributed by atoms with Crippen LogP contribution in [0.25, 0.3) is 22.1 Å². The Morgan fingerprint density at radius 3 is 1.67 bits per heavy atom. The molecule has 0 saturated carbocycles. The summed E-state index contributed by atoms with van der Waals surface area (Å²) in [5.74, 6) is 2.41. The Hall–Kier alpha value is -5.31. The van der Waals surface area contributed by atoms with Gasteiger partial charge >= 0.3 is 0 Å². The second kappa shape index (κ2) is 17.1. The van der Waals surface area contributed by atoms with Crippen LogP contribution in [-0.4, -0.2) is 81.8 Å². The van der Waals surface area contributed by atoms with E-state index in [0.717, 1.165) is 48.2 Å². The van der Waals surface area contributed by atoms with Crippen LogP contribution >= 0.6 is 36.2 Å². The molecule has 11 nitrogen and oxygen atoms in total. The van der Waals surface area contributed by atoms with Gasteiger partial charge < -0.3 is 29.3 Å². The third kappa shape index (κ3) is 8.89. The minimum Gasteiger partial charge on any atom is -0.478 e. The zero-order chi connectivity index (χ0) is 35.6. The van der Waals surface area contributed by atoms with Crippen molar-refractivity contribution in [2.45, 2.75) is 4.90 Å². The van der Waals surface area contributed by atoms with Gasteiger partial charge in [0.15, 0.2) is 16.7 Å². The zero-order valence-corrected chi connectivity index (χ0v) is 30.7. The van der Waals surface area contributed by atoms with Crippen LogP contribution in [-0.2, 0) is 0 Å². The van der Waals surface area contributed by atoms with E-state index in [1.165, 1.54) is 17.7 Å². The molecule has 0 bridgehead atoms. The van der Waals surface area contributed by atoms with Crippen LogP contribution in [0.5, 0.6) is 17.5 Å². The summed E-state index contributed by atoms with van der Waals surface area (Å²) < 4.78 is 16.2. The van der Waals surface area contributed by atoms with Crippen molar-refractivity contribution in [1.82, 2.24) is 24.8 Å². The van der Waals surface area contributed by atoms with Crippen LogP contribution < -0.4 is 29.7 Å². The Morgan fingerprint density at radius 1 is 0.627 bits per heavy atom. The van der Waals surface area contributed by atoms with Crippen LogP contribution in [0.2, 0.25) is 0 Å². The van der Waals surface area contributed by atoms with Crippen molar-refractivity contribution >= 4 is 85.9 Å². The van der Waals surface area contributed by atoms with Gasteiger partial charge in [-0.05, 0) is 79.2 Å². The Kier molecular flexibility index (Phi) is 11.9. The van der Waals surface area contributed by atoms with Gasteiger partial charge in [-0.25, -0.2) is 19.9 Å². The van der Waals surface area contributed by atoms with Gasteiger partial charge in [-0.2, -0.15) is 0 Å². The highest BCUT2D eigenvalue weighted by Gasteiger charge is 2.22. The predicted molar refractivity (Wildman–Crippen MR) is 214 cm³/mol. The Labute approximate surface area is 311 Å². The fraction of sp³-hybridized carbons (Fsp3) is 0.189. The maximum absolute atomic E-state index is 5.66. The molecular weight excluding hydrogens is 701 g/mol. The van der Waals surface area contributed by atoms with E-state index in [4.69, 9.17) is 38.6 Å². The van der Waals surface area contributed by atoms with Gasteiger partial charge in [-0.15, -0.1) is 11.8 Å². The highest BCUT2D eigenvalue weighted by Crippen LogP contribution is 2.30. The van der Waals surface area contributed by atoms with Crippen molar-refractivity contribution in [1.29, 1.82) is 0 Å². The lowest BCUT2D eigenvalue weighted by Gasteiger charge is -2.38. The smallest absolute Gasteiger partial charge is 0.268 e. The van der Waals surface area contributed by atoms with E-state index in [2.05, 4.69) is 70.9 Å². The molecule has 7 rings (SSSR count). The molecule has 6 aromatic rings. The average Bonchev–Trinajstić information content (AvgIpc) is 3.18. The number of benzene rings is 4. The molecule has 1 saturated heterocycles. The largest absolute Gasteiger partial charge is 0.478 e.